The molecule has 0 heterocycles. The van der Waals surface area contributed by atoms with Gasteiger partial charge in [-0.25, -0.2) is 4.79 Å². The molecule has 1 amide bonds. The molecule has 2 aromatic rings. The summed E-state index contributed by atoms with van der Waals surface area (Å²) in [5.41, 5.74) is 0.476. The average molecular weight is 424 g/mol. The molecule has 2 aromatic carbocycles. The molecule has 2 rings (SSSR count). The Morgan fingerprint density at radius 1 is 1.07 bits per heavy atom. The number of thioether (sulfide) groups is 1. The van der Waals surface area contributed by atoms with E-state index in [1.165, 1.54) is 39.2 Å². The molecule has 0 fully saturated rings. The van der Waals surface area contributed by atoms with E-state index in [2.05, 4.69) is 5.32 Å². The zero-order valence-corrected chi connectivity index (χ0v) is 17.6. The number of amides is 1. The summed E-state index contributed by atoms with van der Waals surface area (Å²) in [6, 6.07) is 10.3. The number of hydrogen-bond donors (Lipinski definition) is 1. The second kappa shape index (κ2) is 10.2. The first-order valence-corrected chi connectivity index (χ1v) is 9.76. The van der Waals surface area contributed by atoms with Gasteiger partial charge in [-0.15, -0.1) is 11.8 Å². The Bertz CT molecular complexity index is 841. The van der Waals surface area contributed by atoms with Crippen LogP contribution in [0.25, 0.3) is 0 Å². The van der Waals surface area contributed by atoms with Crippen molar-refractivity contribution in [3.63, 3.8) is 0 Å². The van der Waals surface area contributed by atoms with Gasteiger partial charge >= 0.3 is 5.97 Å². The molecule has 150 valence electrons. The third-order valence-corrected chi connectivity index (χ3v) is 5.57. The molecule has 0 aliphatic rings. The lowest BCUT2D eigenvalue weighted by atomic mass is 10.1. The summed E-state index contributed by atoms with van der Waals surface area (Å²) in [4.78, 5) is 25.9. The Labute approximate surface area is 173 Å². The number of carbonyl (C=O) groups is 2. The third-order valence-electron chi connectivity index (χ3n) is 3.94. The summed E-state index contributed by atoms with van der Waals surface area (Å²) < 4.78 is 15.3. The molecule has 0 saturated heterocycles. The molecule has 1 unspecified atom stereocenters. The first-order valence-electron chi connectivity index (χ1n) is 8.50. The standard InChI is InChI=1S/C20H22ClNO5S/c1-5-18(28-13-8-6-12(21)7-9-13)19(23)22-15-11-17(26-3)16(25-2)10-14(15)20(24)27-4/h6-11,18H,5H2,1-4H3,(H,22,23). The number of halogens is 1. The average Bonchev–Trinajstić information content (AvgIpc) is 2.72. The molecule has 0 aliphatic heterocycles. The Balaban J connectivity index is 2.29. The molecule has 0 saturated carbocycles. The summed E-state index contributed by atoms with van der Waals surface area (Å²) in [7, 11) is 4.22. The van der Waals surface area contributed by atoms with Crippen LogP contribution in [0.1, 0.15) is 23.7 Å². The Kier molecular flexibility index (Phi) is 8.02. The van der Waals surface area contributed by atoms with Crippen LogP contribution in [0.5, 0.6) is 11.5 Å². The van der Waals surface area contributed by atoms with Crippen LogP contribution >= 0.6 is 23.4 Å². The number of anilines is 1. The summed E-state index contributed by atoms with van der Waals surface area (Å²) in [5, 5.41) is 3.09. The van der Waals surface area contributed by atoms with E-state index in [0.717, 1.165) is 4.90 Å². The maximum Gasteiger partial charge on any atom is 0.340 e. The largest absolute Gasteiger partial charge is 0.493 e. The fraction of sp³-hybridized carbons (Fsp3) is 0.300. The topological polar surface area (TPSA) is 73.9 Å². The summed E-state index contributed by atoms with van der Waals surface area (Å²) >= 11 is 7.33. The SMILES string of the molecule is CCC(Sc1ccc(Cl)cc1)C(=O)Nc1cc(OC)c(OC)cc1C(=O)OC. The molecule has 1 N–H and O–H groups in total. The molecule has 1 atom stereocenters. The van der Waals surface area contributed by atoms with Gasteiger partial charge in [-0.3, -0.25) is 4.79 Å². The van der Waals surface area contributed by atoms with Crippen LogP contribution in [0.4, 0.5) is 5.69 Å². The molecule has 0 aliphatic carbocycles. The minimum absolute atomic E-state index is 0.180. The van der Waals surface area contributed by atoms with Gasteiger partial charge in [0.25, 0.3) is 0 Å². The molecule has 0 aromatic heterocycles. The first kappa shape index (κ1) is 21.9. The molecule has 6 nitrogen and oxygen atoms in total. The molecule has 0 spiro atoms. The van der Waals surface area contributed by atoms with Gasteiger partial charge in [-0.1, -0.05) is 18.5 Å². The van der Waals surface area contributed by atoms with E-state index >= 15 is 0 Å². The quantitative estimate of drug-likeness (QED) is 0.492. The third kappa shape index (κ3) is 5.33. The molecule has 0 radical (unpaired) electrons. The highest BCUT2D eigenvalue weighted by Crippen LogP contribution is 2.35. The predicted octanol–water partition coefficient (Wildman–Crippen LogP) is 4.65. The van der Waals surface area contributed by atoms with Gasteiger partial charge in [0.05, 0.1) is 37.8 Å². The lowest BCUT2D eigenvalue weighted by molar-refractivity contribution is -0.115. The zero-order valence-electron chi connectivity index (χ0n) is 16.1. The van der Waals surface area contributed by atoms with Crippen LogP contribution < -0.4 is 14.8 Å². The van der Waals surface area contributed by atoms with Crippen molar-refractivity contribution in [3.8, 4) is 11.5 Å². The molecular weight excluding hydrogens is 402 g/mol. The second-order valence-electron chi connectivity index (χ2n) is 5.70. The molecular formula is C20H22ClNO5S. The predicted molar refractivity (Wildman–Crippen MR) is 111 cm³/mol. The van der Waals surface area contributed by atoms with Crippen molar-refractivity contribution >= 4 is 40.9 Å². The van der Waals surface area contributed by atoms with E-state index in [4.69, 9.17) is 25.8 Å². The van der Waals surface area contributed by atoms with Crippen LogP contribution in [0.15, 0.2) is 41.3 Å². The normalized spacial score (nSPS) is 11.5. The fourth-order valence-electron chi connectivity index (χ4n) is 2.47. The highest BCUT2D eigenvalue weighted by molar-refractivity contribution is 8.00. The number of hydrogen-bond acceptors (Lipinski definition) is 6. The van der Waals surface area contributed by atoms with Crippen molar-refractivity contribution in [3.05, 3.63) is 47.0 Å². The number of ether oxygens (including phenoxy) is 3. The van der Waals surface area contributed by atoms with Crippen molar-refractivity contribution in [2.24, 2.45) is 0 Å². The first-order chi connectivity index (χ1) is 13.4. The van der Waals surface area contributed by atoms with E-state index in [1.807, 2.05) is 19.1 Å². The number of benzene rings is 2. The number of nitrogens with one attached hydrogen (secondary N) is 1. The van der Waals surface area contributed by atoms with Gasteiger partial charge in [-0.2, -0.15) is 0 Å². The van der Waals surface area contributed by atoms with Crippen LogP contribution in [0.2, 0.25) is 5.02 Å². The van der Waals surface area contributed by atoms with Crippen molar-refractivity contribution < 1.29 is 23.8 Å². The minimum atomic E-state index is -0.588. The lowest BCUT2D eigenvalue weighted by Crippen LogP contribution is -2.25. The van der Waals surface area contributed by atoms with E-state index in [0.29, 0.717) is 28.6 Å². The van der Waals surface area contributed by atoms with Crippen molar-refractivity contribution in [1.29, 1.82) is 0 Å². The summed E-state index contributed by atoms with van der Waals surface area (Å²) in [5.74, 6) is -0.0678. The number of methoxy groups -OCH3 is 3. The van der Waals surface area contributed by atoms with Crippen LogP contribution in [-0.4, -0.2) is 38.5 Å². The second-order valence-corrected chi connectivity index (χ2v) is 7.41. The highest BCUT2D eigenvalue weighted by atomic mass is 35.5. The monoisotopic (exact) mass is 423 g/mol. The fourth-order valence-corrected chi connectivity index (χ4v) is 3.55. The van der Waals surface area contributed by atoms with Gasteiger partial charge in [0.15, 0.2) is 11.5 Å². The van der Waals surface area contributed by atoms with Crippen LogP contribution in [-0.2, 0) is 9.53 Å². The van der Waals surface area contributed by atoms with E-state index in [-0.39, 0.29) is 16.7 Å². The minimum Gasteiger partial charge on any atom is -0.493 e. The smallest absolute Gasteiger partial charge is 0.340 e. The number of carbonyl (C=O) groups excluding carboxylic acids is 2. The van der Waals surface area contributed by atoms with E-state index < -0.39 is 5.97 Å². The van der Waals surface area contributed by atoms with Gasteiger partial charge < -0.3 is 19.5 Å². The van der Waals surface area contributed by atoms with Gasteiger partial charge in [0.2, 0.25) is 5.91 Å². The van der Waals surface area contributed by atoms with Crippen molar-refractivity contribution in [2.45, 2.75) is 23.5 Å². The number of rotatable bonds is 8. The van der Waals surface area contributed by atoms with Crippen LogP contribution in [0.3, 0.4) is 0 Å². The molecule has 28 heavy (non-hydrogen) atoms. The lowest BCUT2D eigenvalue weighted by Gasteiger charge is -2.18. The summed E-state index contributed by atoms with van der Waals surface area (Å²) in [6.07, 6.45) is 0.597. The maximum atomic E-state index is 12.9. The number of esters is 1. The zero-order chi connectivity index (χ0) is 20.7. The molecule has 8 heteroatoms. The van der Waals surface area contributed by atoms with E-state index in [9.17, 15) is 9.59 Å². The van der Waals surface area contributed by atoms with Crippen molar-refractivity contribution in [1.82, 2.24) is 0 Å². The molecule has 0 bridgehead atoms. The van der Waals surface area contributed by atoms with E-state index in [1.54, 1.807) is 18.2 Å². The maximum absolute atomic E-state index is 12.9. The highest BCUT2D eigenvalue weighted by Gasteiger charge is 2.23. The Morgan fingerprint density at radius 3 is 2.21 bits per heavy atom. The Morgan fingerprint density at radius 2 is 1.68 bits per heavy atom. The Hall–Kier alpha value is -2.38. The van der Waals surface area contributed by atoms with Gasteiger partial charge in [0.1, 0.15) is 0 Å². The van der Waals surface area contributed by atoms with Crippen molar-refractivity contribution in [2.75, 3.05) is 26.6 Å². The summed E-state index contributed by atoms with van der Waals surface area (Å²) in [6.45, 7) is 1.92. The van der Waals surface area contributed by atoms with Gasteiger partial charge in [-0.05, 0) is 30.7 Å². The van der Waals surface area contributed by atoms with Gasteiger partial charge in [0, 0.05) is 22.1 Å². The van der Waals surface area contributed by atoms with Crippen LogP contribution in [0, 0.1) is 0 Å².